The van der Waals surface area contributed by atoms with Gasteiger partial charge >= 0.3 is 0 Å². The third-order valence-corrected chi connectivity index (χ3v) is 3.97. The monoisotopic (exact) mass is 338 g/mol. The lowest BCUT2D eigenvalue weighted by Gasteiger charge is -2.19. The van der Waals surface area contributed by atoms with Gasteiger partial charge in [-0.25, -0.2) is 0 Å². The van der Waals surface area contributed by atoms with Gasteiger partial charge in [-0.3, -0.25) is 15.0 Å². The molecule has 0 atom stereocenters. The smallest absolute Gasteiger partial charge is 0.283 e. The molecule has 0 bridgehead atoms. The van der Waals surface area contributed by atoms with Gasteiger partial charge in [-0.1, -0.05) is 19.1 Å². The number of hydrogen-bond donors (Lipinski definition) is 0. The third kappa shape index (κ3) is 3.46. The van der Waals surface area contributed by atoms with Gasteiger partial charge in [-0.15, -0.1) is 0 Å². The normalized spacial score (nSPS) is 10.9. The number of hydrogen-bond acceptors (Lipinski definition) is 4. The summed E-state index contributed by atoms with van der Waals surface area (Å²) in [6.07, 6.45) is 1.65. The molecule has 5 nitrogen and oxygen atoms in total. The molecule has 20 heavy (non-hydrogen) atoms. The third-order valence-electron chi connectivity index (χ3n) is 3.06. The van der Waals surface area contributed by atoms with E-state index in [0.29, 0.717) is 17.6 Å². The van der Waals surface area contributed by atoms with Gasteiger partial charge in [-0.2, -0.15) is 0 Å². The van der Waals surface area contributed by atoms with E-state index in [2.05, 4.69) is 20.8 Å². The molecule has 0 saturated heterocycles. The van der Waals surface area contributed by atoms with Crippen molar-refractivity contribution in [3.63, 3.8) is 0 Å². The minimum atomic E-state index is -0.379. The Bertz CT molecular complexity index is 584. The number of benzene rings is 1. The van der Waals surface area contributed by atoms with Crippen molar-refractivity contribution >= 4 is 21.6 Å². The molecule has 0 saturated carbocycles. The SMILES string of the molecule is CCN(Cc1ccco1)Cc1cccc([N+](=O)[O-])c1Br. The summed E-state index contributed by atoms with van der Waals surface area (Å²) in [7, 11) is 0. The van der Waals surface area contributed by atoms with Crippen LogP contribution in [0.25, 0.3) is 0 Å². The summed E-state index contributed by atoms with van der Waals surface area (Å²) in [4.78, 5) is 12.7. The topological polar surface area (TPSA) is 59.5 Å². The second kappa shape index (κ2) is 6.67. The molecule has 106 valence electrons. The zero-order valence-electron chi connectivity index (χ0n) is 11.1. The van der Waals surface area contributed by atoms with E-state index in [4.69, 9.17) is 4.42 Å². The summed E-state index contributed by atoms with van der Waals surface area (Å²) in [6.45, 7) is 4.18. The second-order valence-electron chi connectivity index (χ2n) is 4.39. The molecule has 2 aromatic rings. The van der Waals surface area contributed by atoms with Crippen molar-refractivity contribution < 1.29 is 9.34 Å². The van der Waals surface area contributed by atoms with E-state index >= 15 is 0 Å². The van der Waals surface area contributed by atoms with Crippen molar-refractivity contribution in [1.82, 2.24) is 4.90 Å². The highest BCUT2D eigenvalue weighted by atomic mass is 79.9. The molecule has 0 radical (unpaired) electrons. The van der Waals surface area contributed by atoms with E-state index in [9.17, 15) is 10.1 Å². The average molecular weight is 339 g/mol. The average Bonchev–Trinajstić information content (AvgIpc) is 2.92. The van der Waals surface area contributed by atoms with Crippen LogP contribution >= 0.6 is 15.9 Å². The zero-order chi connectivity index (χ0) is 14.5. The fraction of sp³-hybridized carbons (Fsp3) is 0.286. The predicted octanol–water partition coefficient (Wildman–Crippen LogP) is 3.97. The summed E-state index contributed by atoms with van der Waals surface area (Å²) in [5, 5.41) is 10.9. The molecule has 2 rings (SSSR count). The number of nitro benzene ring substituents is 1. The molecule has 0 aliphatic rings. The van der Waals surface area contributed by atoms with Crippen molar-refractivity contribution in [1.29, 1.82) is 0 Å². The molecule has 0 aliphatic heterocycles. The van der Waals surface area contributed by atoms with Gasteiger partial charge in [0.25, 0.3) is 5.69 Å². The van der Waals surface area contributed by atoms with Crippen LogP contribution in [-0.2, 0) is 13.1 Å². The van der Waals surface area contributed by atoms with Gasteiger partial charge < -0.3 is 4.42 Å². The van der Waals surface area contributed by atoms with E-state index in [0.717, 1.165) is 17.9 Å². The van der Waals surface area contributed by atoms with Crippen LogP contribution in [0.3, 0.4) is 0 Å². The Hall–Kier alpha value is -1.66. The predicted molar refractivity (Wildman–Crippen MR) is 79.3 cm³/mol. The van der Waals surface area contributed by atoms with Gasteiger partial charge in [0.1, 0.15) is 5.76 Å². The van der Waals surface area contributed by atoms with Crippen LogP contribution < -0.4 is 0 Å². The molecular weight excluding hydrogens is 324 g/mol. The minimum absolute atomic E-state index is 0.0940. The molecule has 0 spiro atoms. The number of nitrogens with zero attached hydrogens (tertiary/aromatic N) is 2. The largest absolute Gasteiger partial charge is 0.468 e. The van der Waals surface area contributed by atoms with E-state index in [1.54, 1.807) is 12.3 Å². The lowest BCUT2D eigenvalue weighted by atomic mass is 10.2. The molecule has 6 heteroatoms. The zero-order valence-corrected chi connectivity index (χ0v) is 12.7. The summed E-state index contributed by atoms with van der Waals surface area (Å²) in [5.41, 5.74) is 0.990. The lowest BCUT2D eigenvalue weighted by Crippen LogP contribution is -2.22. The fourth-order valence-electron chi connectivity index (χ4n) is 1.97. The molecule has 0 N–H and O–H groups in total. The van der Waals surface area contributed by atoms with Crippen molar-refractivity contribution in [3.8, 4) is 0 Å². The van der Waals surface area contributed by atoms with E-state index in [-0.39, 0.29) is 10.6 Å². The van der Waals surface area contributed by atoms with Crippen LogP contribution in [0.4, 0.5) is 5.69 Å². The molecule has 1 aromatic heterocycles. The second-order valence-corrected chi connectivity index (χ2v) is 5.18. The molecule has 0 fully saturated rings. The Kier molecular flexibility index (Phi) is 4.92. The van der Waals surface area contributed by atoms with Crippen molar-refractivity contribution in [2.75, 3.05) is 6.54 Å². The van der Waals surface area contributed by atoms with Crippen molar-refractivity contribution in [2.45, 2.75) is 20.0 Å². The molecular formula is C14H15BrN2O3. The first-order valence-electron chi connectivity index (χ1n) is 6.28. The molecule has 0 amide bonds. The highest BCUT2D eigenvalue weighted by Gasteiger charge is 2.16. The fourth-order valence-corrected chi connectivity index (χ4v) is 2.51. The number of nitro groups is 1. The van der Waals surface area contributed by atoms with Gasteiger partial charge in [0.2, 0.25) is 0 Å². The maximum Gasteiger partial charge on any atom is 0.283 e. The summed E-state index contributed by atoms with van der Waals surface area (Å²) in [6, 6.07) is 8.87. The molecule has 1 heterocycles. The van der Waals surface area contributed by atoms with Gasteiger partial charge in [-0.05, 0) is 40.2 Å². The summed E-state index contributed by atoms with van der Waals surface area (Å²) < 4.78 is 5.88. The summed E-state index contributed by atoms with van der Waals surface area (Å²) >= 11 is 3.33. The Morgan fingerprint density at radius 1 is 1.30 bits per heavy atom. The Morgan fingerprint density at radius 3 is 2.70 bits per heavy atom. The van der Waals surface area contributed by atoms with Crippen LogP contribution in [0.5, 0.6) is 0 Å². The Labute approximate surface area is 125 Å². The Morgan fingerprint density at radius 2 is 2.10 bits per heavy atom. The highest BCUT2D eigenvalue weighted by molar-refractivity contribution is 9.10. The first-order chi connectivity index (χ1) is 9.61. The van der Waals surface area contributed by atoms with Crippen LogP contribution in [0, 0.1) is 10.1 Å². The van der Waals surface area contributed by atoms with Crippen LogP contribution in [-0.4, -0.2) is 16.4 Å². The van der Waals surface area contributed by atoms with E-state index < -0.39 is 0 Å². The van der Waals surface area contributed by atoms with Crippen LogP contribution in [0.1, 0.15) is 18.2 Å². The Balaban J connectivity index is 2.15. The van der Waals surface area contributed by atoms with Gasteiger partial charge in [0.05, 0.1) is 22.2 Å². The van der Waals surface area contributed by atoms with Gasteiger partial charge in [0.15, 0.2) is 0 Å². The first-order valence-corrected chi connectivity index (χ1v) is 7.07. The molecule has 0 unspecified atom stereocenters. The quantitative estimate of drug-likeness (QED) is 0.590. The maximum atomic E-state index is 10.9. The standard InChI is InChI=1S/C14H15BrN2O3/c1-2-16(10-12-6-4-8-20-12)9-11-5-3-7-13(14(11)15)17(18)19/h3-8H,2,9-10H2,1H3. The first kappa shape index (κ1) is 14.7. The number of rotatable bonds is 6. The number of furan rings is 1. The van der Waals surface area contributed by atoms with E-state index in [1.165, 1.54) is 6.07 Å². The van der Waals surface area contributed by atoms with Crippen LogP contribution in [0.15, 0.2) is 45.5 Å². The lowest BCUT2D eigenvalue weighted by molar-refractivity contribution is -0.385. The van der Waals surface area contributed by atoms with Crippen molar-refractivity contribution in [3.05, 3.63) is 62.5 Å². The minimum Gasteiger partial charge on any atom is -0.468 e. The van der Waals surface area contributed by atoms with E-state index in [1.807, 2.05) is 25.1 Å². The highest BCUT2D eigenvalue weighted by Crippen LogP contribution is 2.29. The summed E-state index contributed by atoms with van der Waals surface area (Å²) in [5.74, 6) is 0.883. The molecule has 0 aliphatic carbocycles. The molecule has 1 aromatic carbocycles. The van der Waals surface area contributed by atoms with Gasteiger partial charge in [0, 0.05) is 12.6 Å². The van der Waals surface area contributed by atoms with Crippen LogP contribution in [0.2, 0.25) is 0 Å². The number of halogens is 1. The van der Waals surface area contributed by atoms with Crippen molar-refractivity contribution in [2.24, 2.45) is 0 Å². The maximum absolute atomic E-state index is 10.9.